The fourth-order valence-electron chi connectivity index (χ4n) is 4.04. The van der Waals surface area contributed by atoms with Gasteiger partial charge in [-0.2, -0.15) is 5.26 Å². The Bertz CT molecular complexity index is 1130. The van der Waals surface area contributed by atoms with E-state index in [0.29, 0.717) is 24.1 Å². The number of amides is 4. The Hall–Kier alpha value is -4.33. The Kier molecular flexibility index (Phi) is 6.77. The highest BCUT2D eigenvalue weighted by atomic mass is 16.2. The number of nitrogens with zero attached hydrogens (tertiary/aromatic N) is 5. The molecule has 4 amide bonds. The predicted molar refractivity (Wildman–Crippen MR) is 118 cm³/mol. The number of hydrogen-bond acceptors (Lipinski definition) is 7. The highest BCUT2D eigenvalue weighted by Crippen LogP contribution is 2.17. The number of carbonyl (C=O) groups is 4. The van der Waals surface area contributed by atoms with Gasteiger partial charge in [0.1, 0.15) is 17.8 Å². The molecular weight excluding hydrogens is 438 g/mol. The Morgan fingerprint density at radius 2 is 1.91 bits per heavy atom. The first kappa shape index (κ1) is 22.8. The number of aromatic nitrogens is 2. The van der Waals surface area contributed by atoms with Gasteiger partial charge in [-0.1, -0.05) is 0 Å². The second-order valence-electron chi connectivity index (χ2n) is 8.04. The molecule has 11 heteroatoms. The highest BCUT2D eigenvalue weighted by Gasteiger charge is 2.39. The molecule has 1 aromatic carbocycles. The maximum absolute atomic E-state index is 13.3. The molecule has 11 nitrogen and oxygen atoms in total. The molecule has 0 saturated carbocycles. The van der Waals surface area contributed by atoms with Crippen molar-refractivity contribution in [1.82, 2.24) is 30.4 Å². The van der Waals surface area contributed by atoms with Crippen molar-refractivity contribution in [3.8, 4) is 6.07 Å². The molecule has 2 aromatic rings. The number of carbonyl (C=O) groups excluding carboxylic acids is 4. The summed E-state index contributed by atoms with van der Waals surface area (Å²) < 4.78 is 0. The van der Waals surface area contributed by atoms with Gasteiger partial charge in [0.25, 0.3) is 11.8 Å². The minimum atomic E-state index is -1.01. The highest BCUT2D eigenvalue weighted by molar-refractivity contribution is 5.99. The van der Waals surface area contributed by atoms with E-state index in [1.165, 1.54) is 28.4 Å². The standard InChI is InChI=1S/C23H23N7O4/c24-12-15-3-5-16(6-4-15)22(33)29-10-11-30(23(34)18-13-25-8-9-26-18)19(14-29)21(32)28-17-2-1-7-27-20(17)31/h3-6,8-9,13,17,19H,1-2,7,10-11,14H2,(H,27,31)(H,28,32)/t17-,19-/m0/s1. The van der Waals surface area contributed by atoms with Gasteiger partial charge in [-0.3, -0.25) is 24.2 Å². The maximum Gasteiger partial charge on any atom is 0.274 e. The molecule has 2 aliphatic rings. The number of piperidine rings is 1. The van der Waals surface area contributed by atoms with Crippen molar-refractivity contribution >= 4 is 23.6 Å². The normalized spacial score (nSPS) is 20.1. The number of hydrogen-bond donors (Lipinski definition) is 2. The van der Waals surface area contributed by atoms with Gasteiger partial charge < -0.3 is 20.4 Å². The van der Waals surface area contributed by atoms with Gasteiger partial charge >= 0.3 is 0 Å². The van der Waals surface area contributed by atoms with Gasteiger partial charge in [-0.05, 0) is 37.1 Å². The summed E-state index contributed by atoms with van der Waals surface area (Å²) in [7, 11) is 0. The van der Waals surface area contributed by atoms with Gasteiger partial charge in [-0.15, -0.1) is 0 Å². The third-order valence-electron chi connectivity index (χ3n) is 5.88. The SMILES string of the molecule is N#Cc1ccc(C(=O)N2CCN(C(=O)c3cnccn3)[C@H](C(=O)N[C@H]3CCCNC3=O)C2)cc1. The van der Waals surface area contributed by atoms with Gasteiger partial charge in [-0.25, -0.2) is 4.98 Å². The van der Waals surface area contributed by atoms with Gasteiger partial charge in [0, 0.05) is 37.6 Å². The van der Waals surface area contributed by atoms with E-state index >= 15 is 0 Å². The Morgan fingerprint density at radius 1 is 1.12 bits per heavy atom. The predicted octanol–water partition coefficient (Wildman–Crippen LogP) is -0.290. The van der Waals surface area contributed by atoms with Crippen molar-refractivity contribution in [2.75, 3.05) is 26.2 Å². The molecule has 2 saturated heterocycles. The van der Waals surface area contributed by atoms with Crippen molar-refractivity contribution in [2.24, 2.45) is 0 Å². The molecule has 0 spiro atoms. The summed E-state index contributed by atoms with van der Waals surface area (Å²) in [5.41, 5.74) is 0.889. The molecule has 4 rings (SSSR count). The van der Waals surface area contributed by atoms with E-state index in [9.17, 15) is 19.2 Å². The molecule has 34 heavy (non-hydrogen) atoms. The van der Waals surface area contributed by atoms with Crippen LogP contribution in [0.1, 0.15) is 39.3 Å². The molecule has 2 N–H and O–H groups in total. The molecule has 2 fully saturated rings. The van der Waals surface area contributed by atoms with Gasteiger partial charge in [0.15, 0.2) is 0 Å². The van der Waals surface area contributed by atoms with Crippen LogP contribution in [0.5, 0.6) is 0 Å². The van der Waals surface area contributed by atoms with E-state index in [-0.39, 0.29) is 37.1 Å². The first-order valence-corrected chi connectivity index (χ1v) is 10.9. The van der Waals surface area contributed by atoms with Crippen LogP contribution in [0.15, 0.2) is 42.9 Å². The summed E-state index contributed by atoms with van der Waals surface area (Å²) in [5, 5.41) is 14.4. The number of nitriles is 1. The largest absolute Gasteiger partial charge is 0.354 e. The molecular formula is C23H23N7O4. The molecule has 2 atom stereocenters. The van der Waals surface area contributed by atoms with Crippen molar-refractivity contribution in [2.45, 2.75) is 24.9 Å². The van der Waals surface area contributed by atoms with Crippen molar-refractivity contribution < 1.29 is 19.2 Å². The average molecular weight is 461 g/mol. The smallest absolute Gasteiger partial charge is 0.274 e. The van der Waals surface area contributed by atoms with Crippen LogP contribution < -0.4 is 10.6 Å². The van der Waals surface area contributed by atoms with Gasteiger partial charge in [0.2, 0.25) is 11.8 Å². The van der Waals surface area contributed by atoms with Crippen LogP contribution in [0, 0.1) is 11.3 Å². The summed E-state index contributed by atoms with van der Waals surface area (Å²) in [6, 6.07) is 6.50. The number of benzene rings is 1. The second kappa shape index (κ2) is 10.1. The van der Waals surface area contributed by atoms with E-state index in [2.05, 4.69) is 20.6 Å². The van der Waals surface area contributed by atoms with Crippen molar-refractivity contribution in [3.05, 3.63) is 59.7 Å². The first-order chi connectivity index (χ1) is 16.5. The molecule has 2 aliphatic heterocycles. The van der Waals surface area contributed by atoms with Crippen LogP contribution in [0.4, 0.5) is 0 Å². The lowest BCUT2D eigenvalue weighted by Gasteiger charge is -2.41. The molecule has 0 bridgehead atoms. The van der Waals surface area contributed by atoms with Crippen LogP contribution >= 0.6 is 0 Å². The van der Waals surface area contributed by atoms with Crippen LogP contribution in [-0.4, -0.2) is 81.7 Å². The molecule has 174 valence electrons. The van der Waals surface area contributed by atoms with Crippen LogP contribution in [0.25, 0.3) is 0 Å². The van der Waals surface area contributed by atoms with E-state index in [1.807, 2.05) is 6.07 Å². The Balaban J connectivity index is 1.56. The zero-order valence-electron chi connectivity index (χ0n) is 18.3. The second-order valence-corrected chi connectivity index (χ2v) is 8.04. The maximum atomic E-state index is 13.3. The van der Waals surface area contributed by atoms with E-state index in [1.54, 1.807) is 24.3 Å². The van der Waals surface area contributed by atoms with Crippen LogP contribution in [0.2, 0.25) is 0 Å². The van der Waals surface area contributed by atoms with Crippen LogP contribution in [0.3, 0.4) is 0 Å². The summed E-state index contributed by atoms with van der Waals surface area (Å²) >= 11 is 0. The molecule has 3 heterocycles. The topological polar surface area (TPSA) is 148 Å². The summed E-state index contributed by atoms with van der Waals surface area (Å²) in [6.07, 6.45) is 5.37. The lowest BCUT2D eigenvalue weighted by atomic mass is 10.0. The van der Waals surface area contributed by atoms with Crippen molar-refractivity contribution in [1.29, 1.82) is 5.26 Å². The quantitative estimate of drug-likeness (QED) is 0.635. The lowest BCUT2D eigenvalue weighted by Crippen LogP contribution is -2.63. The molecule has 0 radical (unpaired) electrons. The number of nitrogens with one attached hydrogen (secondary N) is 2. The monoisotopic (exact) mass is 461 g/mol. The third-order valence-corrected chi connectivity index (χ3v) is 5.88. The average Bonchev–Trinajstić information content (AvgIpc) is 2.89. The van der Waals surface area contributed by atoms with Crippen LogP contribution in [-0.2, 0) is 9.59 Å². The van der Waals surface area contributed by atoms with E-state index in [4.69, 9.17) is 5.26 Å². The fourth-order valence-corrected chi connectivity index (χ4v) is 4.04. The zero-order chi connectivity index (χ0) is 24.1. The van der Waals surface area contributed by atoms with Gasteiger partial charge in [0.05, 0.1) is 24.4 Å². The first-order valence-electron chi connectivity index (χ1n) is 10.9. The summed E-state index contributed by atoms with van der Waals surface area (Å²) in [6.45, 7) is 0.814. The summed E-state index contributed by atoms with van der Waals surface area (Å²) in [5.74, 6) is -1.58. The molecule has 0 aliphatic carbocycles. The summed E-state index contributed by atoms with van der Waals surface area (Å²) in [4.78, 5) is 62.4. The Labute approximate surface area is 195 Å². The van der Waals surface area contributed by atoms with Crippen molar-refractivity contribution in [3.63, 3.8) is 0 Å². The molecule has 1 aromatic heterocycles. The van der Waals surface area contributed by atoms with E-state index in [0.717, 1.165) is 6.42 Å². The number of piperazine rings is 1. The Morgan fingerprint density at radius 3 is 2.59 bits per heavy atom. The third kappa shape index (κ3) is 4.85. The zero-order valence-corrected chi connectivity index (χ0v) is 18.3. The number of rotatable bonds is 4. The minimum absolute atomic E-state index is 0.0506. The minimum Gasteiger partial charge on any atom is -0.354 e. The lowest BCUT2D eigenvalue weighted by molar-refractivity contribution is -0.133. The fraction of sp³-hybridized carbons (Fsp3) is 0.348. The molecule has 0 unspecified atom stereocenters. The van der Waals surface area contributed by atoms with E-state index < -0.39 is 23.9 Å².